The molecule has 3 nitrogen and oxygen atoms in total. The molecule has 3 heteroatoms. The summed E-state index contributed by atoms with van der Waals surface area (Å²) in [5.41, 5.74) is 2.52. The Morgan fingerprint density at radius 1 is 0.960 bits per heavy atom. The lowest BCUT2D eigenvalue weighted by Gasteiger charge is -2.29. The molecule has 1 heterocycles. The Labute approximate surface area is 151 Å². The molecule has 2 aromatic carbocycles. The van der Waals surface area contributed by atoms with Gasteiger partial charge in [-0.05, 0) is 62.5 Å². The first kappa shape index (κ1) is 17.8. The molecule has 0 saturated carbocycles. The highest BCUT2D eigenvalue weighted by Crippen LogP contribution is 2.25. The zero-order chi connectivity index (χ0) is 17.5. The molecule has 1 aliphatic rings. The average molecular weight is 339 g/mol. The Bertz CT molecular complexity index is 671. The normalized spacial score (nSPS) is 18.1. The van der Waals surface area contributed by atoms with Gasteiger partial charge in [0.15, 0.2) is 0 Å². The molecule has 134 valence electrons. The maximum atomic E-state index is 6.21. The van der Waals surface area contributed by atoms with Crippen LogP contribution in [0.5, 0.6) is 11.5 Å². The zero-order valence-electron chi connectivity index (χ0n) is 15.4. The topological polar surface area (TPSA) is 21.7 Å². The number of likely N-dealkylation sites (tertiary alicyclic amines) is 1. The van der Waals surface area contributed by atoms with Crippen LogP contribution in [0, 0.1) is 5.92 Å². The minimum atomic E-state index is 0.640. The molecule has 0 aromatic heterocycles. The highest BCUT2D eigenvalue weighted by atomic mass is 16.5. The number of hydrogen-bond donors (Lipinski definition) is 0. The van der Waals surface area contributed by atoms with Gasteiger partial charge in [-0.1, -0.05) is 36.4 Å². The average Bonchev–Trinajstić information content (AvgIpc) is 2.65. The van der Waals surface area contributed by atoms with Crippen LogP contribution in [0.4, 0.5) is 0 Å². The van der Waals surface area contributed by atoms with E-state index in [4.69, 9.17) is 9.47 Å². The molecule has 2 aromatic rings. The number of aryl methyl sites for hydroxylation is 2. The standard InChI is InChI=1S/C22H29NO2/c1-23-15-7-8-18(16-23)17-25-22-12-6-4-10-20(22)14-13-19-9-3-5-11-21(19)24-2/h3-6,9-12,18H,7-8,13-17H2,1-2H3/t18-/m0/s1. The van der Waals surface area contributed by atoms with Gasteiger partial charge >= 0.3 is 0 Å². The smallest absolute Gasteiger partial charge is 0.122 e. The number of para-hydroxylation sites is 2. The number of hydrogen-bond acceptors (Lipinski definition) is 3. The van der Waals surface area contributed by atoms with E-state index in [1.165, 1.54) is 30.5 Å². The predicted molar refractivity (Wildman–Crippen MR) is 103 cm³/mol. The molecule has 0 radical (unpaired) electrons. The van der Waals surface area contributed by atoms with Crippen LogP contribution in [0.3, 0.4) is 0 Å². The van der Waals surface area contributed by atoms with Gasteiger partial charge in [0, 0.05) is 12.5 Å². The Morgan fingerprint density at radius 2 is 1.60 bits per heavy atom. The molecule has 0 bridgehead atoms. The van der Waals surface area contributed by atoms with Crippen molar-refractivity contribution in [3.05, 3.63) is 59.7 Å². The quantitative estimate of drug-likeness (QED) is 0.754. The van der Waals surface area contributed by atoms with Gasteiger partial charge in [-0.3, -0.25) is 0 Å². The van der Waals surface area contributed by atoms with E-state index in [-0.39, 0.29) is 0 Å². The van der Waals surface area contributed by atoms with Gasteiger partial charge in [0.25, 0.3) is 0 Å². The number of piperidine rings is 1. The first-order valence-electron chi connectivity index (χ1n) is 9.27. The fourth-order valence-corrected chi connectivity index (χ4v) is 3.65. The summed E-state index contributed by atoms with van der Waals surface area (Å²) in [5, 5.41) is 0. The number of benzene rings is 2. The van der Waals surface area contributed by atoms with Gasteiger partial charge < -0.3 is 14.4 Å². The molecule has 0 unspecified atom stereocenters. The first-order chi connectivity index (χ1) is 12.3. The van der Waals surface area contributed by atoms with Gasteiger partial charge in [0.2, 0.25) is 0 Å². The van der Waals surface area contributed by atoms with Crippen molar-refractivity contribution in [2.24, 2.45) is 5.92 Å². The van der Waals surface area contributed by atoms with Crippen molar-refractivity contribution in [1.29, 1.82) is 0 Å². The zero-order valence-corrected chi connectivity index (χ0v) is 15.4. The molecule has 1 saturated heterocycles. The summed E-state index contributed by atoms with van der Waals surface area (Å²) in [6.45, 7) is 3.17. The van der Waals surface area contributed by atoms with Crippen molar-refractivity contribution in [3.63, 3.8) is 0 Å². The fraction of sp³-hybridized carbons (Fsp3) is 0.455. The van der Waals surface area contributed by atoms with Crippen molar-refractivity contribution < 1.29 is 9.47 Å². The van der Waals surface area contributed by atoms with Crippen LogP contribution in [0.2, 0.25) is 0 Å². The second-order valence-corrected chi connectivity index (χ2v) is 7.00. The van der Waals surface area contributed by atoms with Gasteiger partial charge in [0.05, 0.1) is 13.7 Å². The molecule has 0 aliphatic carbocycles. The molecule has 1 aliphatic heterocycles. The highest BCUT2D eigenvalue weighted by molar-refractivity contribution is 5.37. The van der Waals surface area contributed by atoms with Crippen molar-refractivity contribution in [2.45, 2.75) is 25.7 Å². The third-order valence-electron chi connectivity index (χ3n) is 5.03. The Morgan fingerprint density at radius 3 is 2.28 bits per heavy atom. The lowest BCUT2D eigenvalue weighted by Crippen LogP contribution is -2.34. The molecule has 1 fully saturated rings. The predicted octanol–water partition coefficient (Wildman–Crippen LogP) is 4.20. The molecular weight excluding hydrogens is 310 g/mol. The van der Waals surface area contributed by atoms with Crippen molar-refractivity contribution in [3.8, 4) is 11.5 Å². The van der Waals surface area contributed by atoms with Crippen molar-refractivity contribution in [2.75, 3.05) is 33.9 Å². The van der Waals surface area contributed by atoms with Crippen LogP contribution in [-0.4, -0.2) is 38.8 Å². The van der Waals surface area contributed by atoms with E-state index in [0.29, 0.717) is 5.92 Å². The monoisotopic (exact) mass is 339 g/mol. The minimum Gasteiger partial charge on any atom is -0.496 e. The Balaban J connectivity index is 1.60. The molecule has 0 spiro atoms. The van der Waals surface area contributed by atoms with E-state index < -0.39 is 0 Å². The Kier molecular flexibility index (Phi) is 6.35. The second-order valence-electron chi connectivity index (χ2n) is 7.00. The summed E-state index contributed by atoms with van der Waals surface area (Å²) < 4.78 is 11.7. The van der Waals surface area contributed by atoms with Gasteiger partial charge in [-0.2, -0.15) is 0 Å². The summed E-state index contributed by atoms with van der Waals surface area (Å²) in [7, 11) is 3.93. The van der Waals surface area contributed by atoms with E-state index in [2.05, 4.69) is 48.3 Å². The summed E-state index contributed by atoms with van der Waals surface area (Å²) in [4.78, 5) is 2.41. The van der Waals surface area contributed by atoms with Crippen LogP contribution in [0.15, 0.2) is 48.5 Å². The van der Waals surface area contributed by atoms with Crippen LogP contribution >= 0.6 is 0 Å². The lowest BCUT2D eigenvalue weighted by atomic mass is 9.99. The third-order valence-corrected chi connectivity index (χ3v) is 5.03. The number of methoxy groups -OCH3 is 1. The third kappa shape index (κ3) is 4.99. The van der Waals surface area contributed by atoms with Crippen LogP contribution in [0.1, 0.15) is 24.0 Å². The molecule has 1 atom stereocenters. The van der Waals surface area contributed by atoms with E-state index in [9.17, 15) is 0 Å². The number of ether oxygens (including phenoxy) is 2. The summed E-state index contributed by atoms with van der Waals surface area (Å²) in [5.74, 6) is 2.64. The van der Waals surface area contributed by atoms with E-state index in [0.717, 1.165) is 37.5 Å². The highest BCUT2D eigenvalue weighted by Gasteiger charge is 2.18. The maximum Gasteiger partial charge on any atom is 0.122 e. The molecule has 0 amide bonds. The van der Waals surface area contributed by atoms with Gasteiger partial charge in [-0.25, -0.2) is 0 Å². The summed E-state index contributed by atoms with van der Waals surface area (Å²) in [6, 6.07) is 16.7. The van der Waals surface area contributed by atoms with E-state index >= 15 is 0 Å². The SMILES string of the molecule is COc1ccccc1CCc1ccccc1OC[C@H]1CCCN(C)C1. The summed E-state index contributed by atoms with van der Waals surface area (Å²) >= 11 is 0. The van der Waals surface area contributed by atoms with E-state index in [1.807, 2.05) is 12.1 Å². The largest absolute Gasteiger partial charge is 0.496 e. The molecular formula is C22H29NO2. The second kappa shape index (κ2) is 8.91. The molecule has 25 heavy (non-hydrogen) atoms. The van der Waals surface area contributed by atoms with Crippen molar-refractivity contribution >= 4 is 0 Å². The molecule has 3 rings (SSSR count). The van der Waals surface area contributed by atoms with Gasteiger partial charge in [-0.15, -0.1) is 0 Å². The first-order valence-corrected chi connectivity index (χ1v) is 9.27. The fourth-order valence-electron chi connectivity index (χ4n) is 3.65. The minimum absolute atomic E-state index is 0.640. The Hall–Kier alpha value is -2.00. The molecule has 0 N–H and O–H groups in total. The van der Waals surface area contributed by atoms with E-state index in [1.54, 1.807) is 7.11 Å². The van der Waals surface area contributed by atoms with Crippen LogP contribution < -0.4 is 9.47 Å². The number of rotatable bonds is 7. The summed E-state index contributed by atoms with van der Waals surface area (Å²) in [6.07, 6.45) is 4.46. The van der Waals surface area contributed by atoms with Crippen LogP contribution in [-0.2, 0) is 12.8 Å². The van der Waals surface area contributed by atoms with Gasteiger partial charge in [0.1, 0.15) is 11.5 Å². The maximum absolute atomic E-state index is 6.21. The van der Waals surface area contributed by atoms with Crippen molar-refractivity contribution in [1.82, 2.24) is 4.90 Å². The number of nitrogens with zero attached hydrogens (tertiary/aromatic N) is 1. The van der Waals surface area contributed by atoms with Crippen LogP contribution in [0.25, 0.3) is 0 Å². The lowest BCUT2D eigenvalue weighted by molar-refractivity contribution is 0.150.